The summed E-state index contributed by atoms with van der Waals surface area (Å²) in [5.41, 5.74) is 1.34. The molecule has 68 valence electrons. The Bertz CT molecular complexity index is 314. The summed E-state index contributed by atoms with van der Waals surface area (Å²) < 4.78 is 0. The molecule has 0 spiro atoms. The minimum atomic E-state index is 0.0121. The van der Waals surface area contributed by atoms with Gasteiger partial charge in [-0.2, -0.15) is 0 Å². The normalized spacial score (nSPS) is 11.4. The van der Waals surface area contributed by atoms with Crippen LogP contribution >= 0.6 is 11.6 Å². The highest BCUT2D eigenvalue weighted by Gasteiger charge is 2.08. The minimum Gasteiger partial charge on any atom is -0.289 e. The van der Waals surface area contributed by atoms with Crippen molar-refractivity contribution in [1.82, 2.24) is 0 Å². The summed E-state index contributed by atoms with van der Waals surface area (Å²) in [5.74, 6) is 0.280. The molecule has 1 nitrogen and oxygen atoms in total. The number of rotatable bonds is 3. The van der Waals surface area contributed by atoms with E-state index in [2.05, 4.69) is 0 Å². The van der Waals surface area contributed by atoms with E-state index in [0.717, 1.165) is 0 Å². The average Bonchev–Trinajstić information content (AvgIpc) is 2.21. The minimum absolute atomic E-state index is 0.0121. The van der Waals surface area contributed by atoms with Crippen molar-refractivity contribution in [3.05, 3.63) is 47.5 Å². The Morgan fingerprint density at radius 2 is 2.00 bits per heavy atom. The zero-order valence-electron chi connectivity index (χ0n) is 7.46. The van der Waals surface area contributed by atoms with Gasteiger partial charge in [-0.05, 0) is 6.92 Å². The van der Waals surface area contributed by atoms with E-state index in [9.17, 15) is 4.79 Å². The second-order valence-corrected chi connectivity index (χ2v) is 2.91. The van der Waals surface area contributed by atoms with Gasteiger partial charge in [0.1, 0.15) is 0 Å². The Balaban J connectivity index is 2.92. The van der Waals surface area contributed by atoms with Gasteiger partial charge in [0, 0.05) is 11.1 Å². The van der Waals surface area contributed by atoms with Crippen LogP contribution in [-0.2, 0) is 0 Å². The molecule has 1 rings (SSSR count). The van der Waals surface area contributed by atoms with Crippen molar-refractivity contribution in [3.63, 3.8) is 0 Å². The van der Waals surface area contributed by atoms with Crippen LogP contribution in [0.5, 0.6) is 0 Å². The topological polar surface area (TPSA) is 17.1 Å². The van der Waals surface area contributed by atoms with Gasteiger partial charge < -0.3 is 0 Å². The molecule has 0 fully saturated rings. The summed E-state index contributed by atoms with van der Waals surface area (Å²) in [6.45, 7) is 1.82. The number of carbonyl (C=O) groups excluding carboxylic acids is 1. The zero-order chi connectivity index (χ0) is 9.68. The van der Waals surface area contributed by atoms with Gasteiger partial charge in [0.05, 0.1) is 5.88 Å². The first-order valence-electron chi connectivity index (χ1n) is 4.10. The Morgan fingerprint density at radius 1 is 1.38 bits per heavy atom. The third-order valence-corrected chi connectivity index (χ3v) is 2.11. The number of hydrogen-bond acceptors (Lipinski definition) is 1. The zero-order valence-corrected chi connectivity index (χ0v) is 8.21. The molecule has 0 heterocycles. The van der Waals surface area contributed by atoms with Crippen LogP contribution < -0.4 is 0 Å². The lowest BCUT2D eigenvalue weighted by Gasteiger charge is -2.01. The van der Waals surface area contributed by atoms with Crippen molar-refractivity contribution in [1.29, 1.82) is 0 Å². The maximum atomic E-state index is 11.7. The molecule has 0 aliphatic carbocycles. The third-order valence-electron chi connectivity index (χ3n) is 1.82. The van der Waals surface area contributed by atoms with Gasteiger partial charge in [-0.15, -0.1) is 11.6 Å². The van der Waals surface area contributed by atoms with Crippen molar-refractivity contribution in [2.75, 3.05) is 5.88 Å². The highest BCUT2D eigenvalue weighted by atomic mass is 35.5. The first-order chi connectivity index (χ1) is 6.29. The highest BCUT2D eigenvalue weighted by molar-refractivity contribution is 6.24. The number of halogens is 1. The third kappa shape index (κ3) is 2.43. The molecule has 0 amide bonds. The molecule has 0 radical (unpaired) electrons. The van der Waals surface area contributed by atoms with Crippen LogP contribution in [0, 0.1) is 0 Å². The number of allylic oxidation sites excluding steroid dienone is 2. The van der Waals surface area contributed by atoms with Gasteiger partial charge in [0.2, 0.25) is 0 Å². The quantitative estimate of drug-likeness (QED) is 0.411. The maximum absolute atomic E-state index is 11.7. The van der Waals surface area contributed by atoms with Gasteiger partial charge in [0.25, 0.3) is 0 Å². The predicted octanol–water partition coefficient (Wildman–Crippen LogP) is 3.05. The Hall–Kier alpha value is -1.08. The molecule has 0 atom stereocenters. The fourth-order valence-electron chi connectivity index (χ4n) is 1.04. The monoisotopic (exact) mass is 194 g/mol. The molecular weight excluding hydrogens is 184 g/mol. The molecule has 2 heteroatoms. The van der Waals surface area contributed by atoms with Crippen molar-refractivity contribution >= 4 is 17.4 Å². The van der Waals surface area contributed by atoms with Crippen LogP contribution in [0.15, 0.2) is 42.0 Å². The lowest BCUT2D eigenvalue weighted by Crippen LogP contribution is -2.03. The van der Waals surface area contributed by atoms with Gasteiger partial charge in [-0.25, -0.2) is 0 Å². The second-order valence-electron chi connectivity index (χ2n) is 2.64. The molecule has 1 aromatic carbocycles. The van der Waals surface area contributed by atoms with E-state index in [1.54, 1.807) is 18.2 Å². The SMILES string of the molecule is C/C=C(\CCl)C(=O)c1ccccc1. The molecule has 0 aromatic heterocycles. The Kier molecular flexibility index (Phi) is 3.71. The Labute approximate surface area is 83.0 Å². The van der Waals surface area contributed by atoms with Gasteiger partial charge in [-0.1, -0.05) is 36.4 Å². The van der Waals surface area contributed by atoms with Crippen LogP contribution in [0.3, 0.4) is 0 Å². The van der Waals surface area contributed by atoms with E-state index in [-0.39, 0.29) is 11.7 Å². The van der Waals surface area contributed by atoms with Crippen LogP contribution in [0.4, 0.5) is 0 Å². The molecule has 0 unspecified atom stereocenters. The van der Waals surface area contributed by atoms with Gasteiger partial charge in [0.15, 0.2) is 5.78 Å². The summed E-state index contributed by atoms with van der Waals surface area (Å²) in [7, 11) is 0. The summed E-state index contributed by atoms with van der Waals surface area (Å²) in [6, 6.07) is 9.15. The fraction of sp³-hybridized carbons (Fsp3) is 0.182. The molecular formula is C11H11ClO. The number of alkyl halides is 1. The first kappa shape index (κ1) is 10.0. The molecule has 1 aromatic rings. The van der Waals surface area contributed by atoms with E-state index in [1.165, 1.54) is 0 Å². The predicted molar refractivity (Wildman–Crippen MR) is 55.2 cm³/mol. The number of benzene rings is 1. The van der Waals surface area contributed by atoms with Crippen molar-refractivity contribution < 1.29 is 4.79 Å². The van der Waals surface area contributed by atoms with Gasteiger partial charge >= 0.3 is 0 Å². The number of carbonyl (C=O) groups is 1. The van der Waals surface area contributed by atoms with Gasteiger partial charge in [-0.3, -0.25) is 4.79 Å². The van der Waals surface area contributed by atoms with E-state index in [1.807, 2.05) is 25.1 Å². The molecule has 13 heavy (non-hydrogen) atoms. The molecule has 0 N–H and O–H groups in total. The van der Waals surface area contributed by atoms with Crippen LogP contribution in [-0.4, -0.2) is 11.7 Å². The molecule has 0 aliphatic rings. The summed E-state index contributed by atoms with van der Waals surface area (Å²) >= 11 is 5.62. The number of ketones is 1. The molecule has 0 saturated carbocycles. The lowest BCUT2D eigenvalue weighted by atomic mass is 10.1. The standard InChI is InChI=1S/C11H11ClO/c1-2-9(8-12)11(13)10-6-4-3-5-7-10/h2-7H,8H2,1H3/b9-2+. The van der Waals surface area contributed by atoms with E-state index in [4.69, 9.17) is 11.6 Å². The molecule has 0 bridgehead atoms. The van der Waals surface area contributed by atoms with E-state index < -0.39 is 0 Å². The molecule has 0 aliphatic heterocycles. The maximum Gasteiger partial charge on any atom is 0.189 e. The van der Waals surface area contributed by atoms with Crippen LogP contribution in [0.25, 0.3) is 0 Å². The highest BCUT2D eigenvalue weighted by Crippen LogP contribution is 2.09. The van der Waals surface area contributed by atoms with Crippen LogP contribution in [0.2, 0.25) is 0 Å². The summed E-state index contributed by atoms with van der Waals surface area (Å²) in [4.78, 5) is 11.7. The summed E-state index contributed by atoms with van der Waals surface area (Å²) in [6.07, 6.45) is 1.75. The summed E-state index contributed by atoms with van der Waals surface area (Å²) in [5, 5.41) is 0. The average molecular weight is 195 g/mol. The van der Waals surface area contributed by atoms with Crippen LogP contribution in [0.1, 0.15) is 17.3 Å². The number of Topliss-reactive ketones (excluding diaryl/α,β-unsaturated/α-hetero) is 1. The van der Waals surface area contributed by atoms with E-state index in [0.29, 0.717) is 11.1 Å². The van der Waals surface area contributed by atoms with Crippen molar-refractivity contribution in [2.24, 2.45) is 0 Å². The lowest BCUT2D eigenvalue weighted by molar-refractivity contribution is 0.103. The van der Waals surface area contributed by atoms with Crippen molar-refractivity contribution in [2.45, 2.75) is 6.92 Å². The first-order valence-corrected chi connectivity index (χ1v) is 4.64. The van der Waals surface area contributed by atoms with E-state index >= 15 is 0 Å². The Morgan fingerprint density at radius 3 is 2.46 bits per heavy atom. The smallest absolute Gasteiger partial charge is 0.189 e. The molecule has 0 saturated heterocycles. The second kappa shape index (κ2) is 4.83. The fourth-order valence-corrected chi connectivity index (χ4v) is 1.32. The number of hydrogen-bond donors (Lipinski definition) is 0. The largest absolute Gasteiger partial charge is 0.289 e. The van der Waals surface area contributed by atoms with Crippen molar-refractivity contribution in [3.8, 4) is 0 Å².